The molecule has 1 aliphatic rings. The molecule has 0 radical (unpaired) electrons. The number of hydrogen-bond acceptors (Lipinski definition) is 1. The third-order valence-corrected chi connectivity index (χ3v) is 5.28. The molecule has 1 heteroatoms. The summed E-state index contributed by atoms with van der Waals surface area (Å²) >= 11 is 0. The predicted molar refractivity (Wildman–Crippen MR) is 83.4 cm³/mol. The van der Waals surface area contributed by atoms with E-state index in [-0.39, 0.29) is 0 Å². The van der Waals surface area contributed by atoms with E-state index in [1.807, 2.05) is 0 Å². The summed E-state index contributed by atoms with van der Waals surface area (Å²) in [7, 11) is 0. The third-order valence-electron chi connectivity index (χ3n) is 5.28. The molecular formula is C18H29N. The maximum Gasteiger partial charge on any atom is 0.0161 e. The third kappa shape index (κ3) is 2.45. The zero-order chi connectivity index (χ0) is 13.9. The van der Waals surface area contributed by atoms with E-state index in [1.54, 1.807) is 0 Å². The van der Waals surface area contributed by atoms with E-state index in [0.29, 0.717) is 11.5 Å². The second kappa shape index (κ2) is 6.09. The molecule has 1 aromatic rings. The Balaban J connectivity index is 2.23. The fourth-order valence-corrected chi connectivity index (χ4v) is 4.13. The van der Waals surface area contributed by atoms with Gasteiger partial charge in [-0.15, -0.1) is 0 Å². The van der Waals surface area contributed by atoms with E-state index in [0.717, 1.165) is 18.4 Å². The van der Waals surface area contributed by atoms with Gasteiger partial charge in [0, 0.05) is 6.04 Å². The van der Waals surface area contributed by atoms with Gasteiger partial charge >= 0.3 is 0 Å². The molecule has 0 spiro atoms. The highest BCUT2D eigenvalue weighted by molar-refractivity contribution is 5.30. The zero-order valence-electron chi connectivity index (χ0n) is 12.9. The van der Waals surface area contributed by atoms with Crippen molar-refractivity contribution in [3.63, 3.8) is 0 Å². The molecule has 0 bridgehead atoms. The highest BCUT2D eigenvalue weighted by Crippen LogP contribution is 2.59. The molecule has 0 saturated heterocycles. The highest BCUT2D eigenvalue weighted by Gasteiger charge is 2.56. The van der Waals surface area contributed by atoms with Gasteiger partial charge in [-0.1, -0.05) is 64.4 Å². The van der Waals surface area contributed by atoms with Crippen LogP contribution in [0.1, 0.15) is 58.4 Å². The Morgan fingerprint density at radius 2 is 1.79 bits per heavy atom. The van der Waals surface area contributed by atoms with Crippen molar-refractivity contribution < 1.29 is 0 Å². The van der Waals surface area contributed by atoms with Gasteiger partial charge in [0.1, 0.15) is 0 Å². The van der Waals surface area contributed by atoms with Gasteiger partial charge in [-0.05, 0) is 42.2 Å². The molecule has 1 nitrogen and oxygen atoms in total. The van der Waals surface area contributed by atoms with Gasteiger partial charge in [-0.2, -0.15) is 0 Å². The molecule has 4 atom stereocenters. The number of nitrogens with one attached hydrogen (secondary N) is 1. The van der Waals surface area contributed by atoms with Crippen LogP contribution >= 0.6 is 0 Å². The highest BCUT2D eigenvalue weighted by atomic mass is 15.0. The monoisotopic (exact) mass is 259 g/mol. The van der Waals surface area contributed by atoms with E-state index in [9.17, 15) is 0 Å². The average molecular weight is 259 g/mol. The Labute approximate surface area is 118 Å². The van der Waals surface area contributed by atoms with Crippen LogP contribution in [-0.2, 0) is 0 Å². The van der Waals surface area contributed by atoms with Crippen LogP contribution in [0.3, 0.4) is 0 Å². The van der Waals surface area contributed by atoms with Gasteiger partial charge in [0.15, 0.2) is 0 Å². The van der Waals surface area contributed by atoms with E-state index in [2.05, 4.69) is 63.3 Å². The van der Waals surface area contributed by atoms with Crippen LogP contribution in [0.5, 0.6) is 0 Å². The molecule has 1 fully saturated rings. The Bertz CT molecular complexity index is 386. The molecule has 19 heavy (non-hydrogen) atoms. The van der Waals surface area contributed by atoms with Crippen molar-refractivity contribution in [3.05, 3.63) is 35.9 Å². The summed E-state index contributed by atoms with van der Waals surface area (Å²) in [6.07, 6.45) is 3.75. The lowest BCUT2D eigenvalue weighted by Gasteiger charge is -2.61. The summed E-state index contributed by atoms with van der Waals surface area (Å²) in [5, 5.41) is 3.81. The molecule has 1 saturated carbocycles. The minimum Gasteiger partial charge on any atom is -0.313 e. The first kappa shape index (κ1) is 14.6. The average Bonchev–Trinajstić information content (AvgIpc) is 2.45. The van der Waals surface area contributed by atoms with Gasteiger partial charge in [0.05, 0.1) is 0 Å². The second-order valence-corrected chi connectivity index (χ2v) is 6.25. The van der Waals surface area contributed by atoms with Crippen molar-refractivity contribution in [2.75, 3.05) is 6.54 Å². The number of benzene rings is 1. The van der Waals surface area contributed by atoms with Crippen molar-refractivity contribution in [1.82, 2.24) is 5.32 Å². The molecular weight excluding hydrogens is 230 g/mol. The molecule has 4 unspecified atom stereocenters. The van der Waals surface area contributed by atoms with Crippen molar-refractivity contribution >= 4 is 0 Å². The Kier molecular flexibility index (Phi) is 4.67. The quantitative estimate of drug-likeness (QED) is 0.787. The molecule has 1 aliphatic carbocycles. The summed E-state index contributed by atoms with van der Waals surface area (Å²) in [4.78, 5) is 0. The summed E-state index contributed by atoms with van der Waals surface area (Å²) in [5.74, 6) is 1.51. The summed E-state index contributed by atoms with van der Waals surface area (Å²) in [5.41, 5.74) is 1.95. The lowest BCUT2D eigenvalue weighted by molar-refractivity contribution is -0.0315. The van der Waals surface area contributed by atoms with Gasteiger partial charge in [-0.3, -0.25) is 0 Å². The Hall–Kier alpha value is -0.820. The molecule has 1 aromatic carbocycles. The van der Waals surface area contributed by atoms with Gasteiger partial charge in [0.25, 0.3) is 0 Å². The first-order chi connectivity index (χ1) is 9.19. The van der Waals surface area contributed by atoms with Crippen LogP contribution in [0.4, 0.5) is 0 Å². The molecule has 106 valence electrons. The van der Waals surface area contributed by atoms with E-state index in [4.69, 9.17) is 0 Å². The van der Waals surface area contributed by atoms with Crippen LogP contribution in [0.2, 0.25) is 0 Å². The lowest BCUT2D eigenvalue weighted by atomic mass is 9.47. The lowest BCUT2D eigenvalue weighted by Crippen LogP contribution is -2.63. The normalized spacial score (nSPS) is 34.0. The maximum absolute atomic E-state index is 3.81. The van der Waals surface area contributed by atoms with Gasteiger partial charge < -0.3 is 5.32 Å². The molecule has 2 rings (SSSR count). The standard InChI is InChI=1S/C18H29N/c1-5-13-19-17-15(6-2)16(18(17,4)7-3)14-11-9-8-10-12-14/h8-12,15-17,19H,5-7,13H2,1-4H3. The van der Waals surface area contributed by atoms with Gasteiger partial charge in [0.2, 0.25) is 0 Å². The maximum atomic E-state index is 3.81. The fraction of sp³-hybridized carbons (Fsp3) is 0.667. The van der Waals surface area contributed by atoms with Crippen molar-refractivity contribution in [2.45, 2.75) is 58.9 Å². The van der Waals surface area contributed by atoms with Crippen LogP contribution in [-0.4, -0.2) is 12.6 Å². The minimum absolute atomic E-state index is 0.414. The first-order valence-electron chi connectivity index (χ1n) is 7.97. The summed E-state index contributed by atoms with van der Waals surface area (Å²) in [6.45, 7) is 10.6. The van der Waals surface area contributed by atoms with Crippen molar-refractivity contribution in [1.29, 1.82) is 0 Å². The van der Waals surface area contributed by atoms with E-state index < -0.39 is 0 Å². The Morgan fingerprint density at radius 3 is 2.32 bits per heavy atom. The van der Waals surface area contributed by atoms with Gasteiger partial charge in [-0.25, -0.2) is 0 Å². The van der Waals surface area contributed by atoms with E-state index in [1.165, 1.54) is 24.8 Å². The van der Waals surface area contributed by atoms with Crippen molar-refractivity contribution in [3.8, 4) is 0 Å². The zero-order valence-corrected chi connectivity index (χ0v) is 12.9. The molecule has 0 heterocycles. The molecule has 1 N–H and O–H groups in total. The number of hydrogen-bond donors (Lipinski definition) is 1. The largest absolute Gasteiger partial charge is 0.313 e. The predicted octanol–water partition coefficient (Wildman–Crippen LogP) is 4.59. The number of rotatable bonds is 6. The Morgan fingerprint density at radius 1 is 1.11 bits per heavy atom. The fourth-order valence-electron chi connectivity index (χ4n) is 4.13. The minimum atomic E-state index is 0.414. The molecule has 0 aromatic heterocycles. The SMILES string of the molecule is CCCNC1C(CC)C(c2ccccc2)C1(C)CC. The van der Waals surface area contributed by atoms with Crippen LogP contribution < -0.4 is 5.32 Å². The van der Waals surface area contributed by atoms with Crippen LogP contribution in [0.15, 0.2) is 30.3 Å². The summed E-state index contributed by atoms with van der Waals surface area (Å²) in [6, 6.07) is 11.8. The van der Waals surface area contributed by atoms with Crippen molar-refractivity contribution in [2.24, 2.45) is 11.3 Å². The van der Waals surface area contributed by atoms with Crippen LogP contribution in [0, 0.1) is 11.3 Å². The topological polar surface area (TPSA) is 12.0 Å². The first-order valence-corrected chi connectivity index (χ1v) is 7.97. The van der Waals surface area contributed by atoms with Crippen LogP contribution in [0.25, 0.3) is 0 Å². The van der Waals surface area contributed by atoms with E-state index >= 15 is 0 Å². The molecule has 0 aliphatic heterocycles. The second-order valence-electron chi connectivity index (χ2n) is 6.25. The summed E-state index contributed by atoms with van der Waals surface area (Å²) < 4.78 is 0. The smallest absolute Gasteiger partial charge is 0.0161 e. The molecule has 0 amide bonds.